The van der Waals surface area contributed by atoms with E-state index in [0.717, 1.165) is 10.8 Å². The second-order valence-corrected chi connectivity index (χ2v) is 4.18. The lowest BCUT2D eigenvalue weighted by molar-refractivity contribution is 0.112. The van der Waals surface area contributed by atoms with Crippen LogP contribution in [0.3, 0.4) is 0 Å². The molecule has 0 aliphatic rings. The van der Waals surface area contributed by atoms with Crippen LogP contribution in [-0.2, 0) is 0 Å². The number of benzene rings is 1. The Morgan fingerprint density at radius 1 is 1.47 bits per heavy atom. The maximum Gasteiger partial charge on any atom is 0.153 e. The van der Waals surface area contributed by atoms with Crippen LogP contribution >= 0.6 is 27.5 Å². The van der Waals surface area contributed by atoms with Crippen molar-refractivity contribution in [3.05, 3.63) is 45.7 Å². The molecule has 0 bridgehead atoms. The molecule has 0 saturated carbocycles. The van der Waals surface area contributed by atoms with Crippen LogP contribution in [0.15, 0.2) is 35.1 Å². The largest absolute Gasteiger partial charge is 0.298 e. The van der Waals surface area contributed by atoms with Crippen molar-refractivity contribution in [2.24, 2.45) is 0 Å². The molecule has 0 amide bonds. The van der Waals surface area contributed by atoms with Crippen molar-refractivity contribution in [2.75, 3.05) is 0 Å². The summed E-state index contributed by atoms with van der Waals surface area (Å²) in [4.78, 5) is 10.9. The smallest absolute Gasteiger partial charge is 0.153 e. The molecule has 0 spiro atoms. The average Bonchev–Trinajstić information content (AvgIpc) is 2.64. The first-order chi connectivity index (χ1) is 7.22. The van der Waals surface area contributed by atoms with Gasteiger partial charge in [0, 0.05) is 10.7 Å². The van der Waals surface area contributed by atoms with Crippen LogP contribution in [0, 0.1) is 0 Å². The number of hydrogen-bond donors (Lipinski definition) is 0. The number of carbonyl (C=O) groups is 1. The zero-order valence-electron chi connectivity index (χ0n) is 7.52. The average molecular weight is 286 g/mol. The number of halogens is 2. The Hall–Kier alpha value is -1.13. The Kier molecular flexibility index (Phi) is 2.88. The van der Waals surface area contributed by atoms with E-state index in [0.29, 0.717) is 16.3 Å². The molecule has 0 aliphatic heterocycles. The summed E-state index contributed by atoms with van der Waals surface area (Å²) in [5.41, 5.74) is 1.25. The normalized spacial score (nSPS) is 10.3. The van der Waals surface area contributed by atoms with Gasteiger partial charge in [-0.1, -0.05) is 17.7 Å². The van der Waals surface area contributed by atoms with Gasteiger partial charge >= 0.3 is 0 Å². The van der Waals surface area contributed by atoms with E-state index in [-0.39, 0.29) is 0 Å². The van der Waals surface area contributed by atoms with Crippen LogP contribution in [0.2, 0.25) is 5.02 Å². The topological polar surface area (TPSA) is 34.9 Å². The Morgan fingerprint density at radius 2 is 2.27 bits per heavy atom. The van der Waals surface area contributed by atoms with Gasteiger partial charge in [-0.3, -0.25) is 4.79 Å². The van der Waals surface area contributed by atoms with Crippen molar-refractivity contribution in [1.29, 1.82) is 0 Å². The highest BCUT2D eigenvalue weighted by molar-refractivity contribution is 9.10. The van der Waals surface area contributed by atoms with Crippen LogP contribution in [0.5, 0.6) is 0 Å². The zero-order chi connectivity index (χ0) is 10.8. The number of nitrogens with zero attached hydrogens (tertiary/aromatic N) is 2. The number of aldehydes is 1. The maximum absolute atomic E-state index is 10.9. The molecule has 0 aliphatic carbocycles. The highest BCUT2D eigenvalue weighted by atomic mass is 79.9. The molecule has 3 nitrogen and oxygen atoms in total. The van der Waals surface area contributed by atoms with Crippen molar-refractivity contribution in [1.82, 2.24) is 9.78 Å². The molecule has 0 radical (unpaired) electrons. The lowest BCUT2D eigenvalue weighted by Crippen LogP contribution is -1.99. The summed E-state index contributed by atoms with van der Waals surface area (Å²) in [7, 11) is 0. The third-order valence-corrected chi connectivity index (χ3v) is 2.83. The van der Waals surface area contributed by atoms with E-state index in [2.05, 4.69) is 21.0 Å². The van der Waals surface area contributed by atoms with E-state index in [1.165, 1.54) is 6.20 Å². The maximum atomic E-state index is 10.9. The first kappa shape index (κ1) is 10.4. The first-order valence-corrected chi connectivity index (χ1v) is 5.33. The second kappa shape index (κ2) is 4.16. The van der Waals surface area contributed by atoms with Crippen molar-refractivity contribution < 1.29 is 4.79 Å². The number of rotatable bonds is 2. The van der Waals surface area contributed by atoms with Gasteiger partial charge in [0.05, 0.1) is 22.5 Å². The van der Waals surface area contributed by atoms with Gasteiger partial charge in [0.1, 0.15) is 0 Å². The molecule has 2 aromatic rings. The van der Waals surface area contributed by atoms with E-state index >= 15 is 0 Å². The molecule has 1 aromatic carbocycles. The Balaban J connectivity index is 2.62. The van der Waals surface area contributed by atoms with E-state index in [1.54, 1.807) is 23.0 Å². The third kappa shape index (κ3) is 1.96. The number of carbonyl (C=O) groups excluding carboxylic acids is 1. The second-order valence-electron chi connectivity index (χ2n) is 2.89. The summed E-state index contributed by atoms with van der Waals surface area (Å²) in [5, 5.41) is 4.57. The van der Waals surface area contributed by atoms with Gasteiger partial charge < -0.3 is 0 Å². The van der Waals surface area contributed by atoms with Crippen LogP contribution in [0.4, 0.5) is 0 Å². The SMILES string of the molecule is O=Cc1c(Br)cccc1-n1cc(Cl)cn1. The summed E-state index contributed by atoms with van der Waals surface area (Å²) in [6.45, 7) is 0. The molecule has 0 unspecified atom stereocenters. The predicted octanol–water partition coefficient (Wildman–Crippen LogP) is 3.10. The van der Waals surface area contributed by atoms with Crippen LogP contribution in [0.1, 0.15) is 10.4 Å². The fourth-order valence-corrected chi connectivity index (χ4v) is 1.86. The van der Waals surface area contributed by atoms with Crippen LogP contribution in [-0.4, -0.2) is 16.1 Å². The molecule has 0 N–H and O–H groups in total. The molecule has 1 heterocycles. The number of aromatic nitrogens is 2. The molecule has 5 heteroatoms. The van der Waals surface area contributed by atoms with Gasteiger partial charge in [-0.2, -0.15) is 5.10 Å². The quantitative estimate of drug-likeness (QED) is 0.795. The van der Waals surface area contributed by atoms with Gasteiger partial charge in [-0.25, -0.2) is 4.68 Å². The highest BCUT2D eigenvalue weighted by Crippen LogP contribution is 2.22. The van der Waals surface area contributed by atoms with E-state index < -0.39 is 0 Å². The van der Waals surface area contributed by atoms with Gasteiger partial charge in [0.25, 0.3) is 0 Å². The molecular weight excluding hydrogens is 279 g/mol. The fourth-order valence-electron chi connectivity index (χ4n) is 1.27. The molecule has 0 atom stereocenters. The van der Waals surface area contributed by atoms with Crippen molar-refractivity contribution in [3.8, 4) is 5.69 Å². The monoisotopic (exact) mass is 284 g/mol. The molecule has 0 fully saturated rings. The molecule has 2 rings (SSSR count). The number of hydrogen-bond acceptors (Lipinski definition) is 2. The molecular formula is C10H6BrClN2O. The van der Waals surface area contributed by atoms with Crippen molar-refractivity contribution in [3.63, 3.8) is 0 Å². The van der Waals surface area contributed by atoms with Crippen molar-refractivity contribution >= 4 is 33.8 Å². The zero-order valence-corrected chi connectivity index (χ0v) is 9.86. The first-order valence-electron chi connectivity index (χ1n) is 4.16. The summed E-state index contributed by atoms with van der Waals surface area (Å²) in [6.07, 6.45) is 3.96. The predicted molar refractivity (Wildman–Crippen MR) is 61.7 cm³/mol. The van der Waals surface area contributed by atoms with Gasteiger partial charge in [0.15, 0.2) is 6.29 Å². The van der Waals surface area contributed by atoms with E-state index in [1.807, 2.05) is 6.07 Å². The van der Waals surface area contributed by atoms with E-state index in [4.69, 9.17) is 11.6 Å². The van der Waals surface area contributed by atoms with Crippen LogP contribution < -0.4 is 0 Å². The summed E-state index contributed by atoms with van der Waals surface area (Å²) < 4.78 is 2.30. The summed E-state index contributed by atoms with van der Waals surface area (Å²) >= 11 is 9.07. The van der Waals surface area contributed by atoms with Gasteiger partial charge in [0.2, 0.25) is 0 Å². The Labute approximate surface area is 99.8 Å². The van der Waals surface area contributed by atoms with Gasteiger partial charge in [-0.15, -0.1) is 0 Å². The Bertz CT molecular complexity index is 510. The minimum atomic E-state index is 0.534. The molecule has 76 valence electrons. The standard InChI is InChI=1S/C10H6BrClN2O/c11-9-2-1-3-10(8(9)6-15)14-5-7(12)4-13-14/h1-6H. The van der Waals surface area contributed by atoms with Crippen LogP contribution in [0.25, 0.3) is 5.69 Å². The minimum absolute atomic E-state index is 0.534. The molecule has 15 heavy (non-hydrogen) atoms. The fraction of sp³-hybridized carbons (Fsp3) is 0. The van der Waals surface area contributed by atoms with Crippen molar-refractivity contribution in [2.45, 2.75) is 0 Å². The van der Waals surface area contributed by atoms with Gasteiger partial charge in [-0.05, 0) is 28.1 Å². The summed E-state index contributed by atoms with van der Waals surface area (Å²) in [6, 6.07) is 5.44. The Morgan fingerprint density at radius 3 is 2.87 bits per heavy atom. The highest BCUT2D eigenvalue weighted by Gasteiger charge is 2.08. The lowest BCUT2D eigenvalue weighted by Gasteiger charge is -2.05. The third-order valence-electron chi connectivity index (χ3n) is 1.95. The molecule has 0 saturated heterocycles. The summed E-state index contributed by atoms with van der Waals surface area (Å²) in [5.74, 6) is 0. The minimum Gasteiger partial charge on any atom is -0.298 e. The molecule has 1 aromatic heterocycles. The van der Waals surface area contributed by atoms with E-state index in [9.17, 15) is 4.79 Å². The lowest BCUT2D eigenvalue weighted by atomic mass is 10.2.